The Bertz CT molecular complexity index is 643. The van der Waals surface area contributed by atoms with Crippen molar-refractivity contribution in [1.29, 1.82) is 0 Å². The van der Waals surface area contributed by atoms with Crippen LogP contribution in [0.4, 0.5) is 10.1 Å². The highest BCUT2D eigenvalue weighted by Crippen LogP contribution is 2.29. The fourth-order valence-corrected chi connectivity index (χ4v) is 2.02. The van der Waals surface area contributed by atoms with Crippen molar-refractivity contribution in [3.63, 3.8) is 0 Å². The molecule has 19 heavy (non-hydrogen) atoms. The van der Waals surface area contributed by atoms with Crippen LogP contribution in [0.25, 0.3) is 11.1 Å². The van der Waals surface area contributed by atoms with Gasteiger partial charge in [-0.15, -0.1) is 0 Å². The van der Waals surface area contributed by atoms with Gasteiger partial charge >= 0.3 is 0 Å². The molecule has 2 aromatic carbocycles. The SMILES string of the molecule is CC(=O)c1cc(-c2cc(Cl)ccc2F)ccc1NN. The molecule has 0 saturated heterocycles. The summed E-state index contributed by atoms with van der Waals surface area (Å²) in [5.74, 6) is 4.78. The van der Waals surface area contributed by atoms with E-state index in [2.05, 4.69) is 5.43 Å². The Morgan fingerprint density at radius 2 is 2.00 bits per heavy atom. The number of carbonyl (C=O) groups excluding carboxylic acids is 1. The number of nitrogens with two attached hydrogens (primary N) is 1. The Morgan fingerprint density at radius 3 is 2.63 bits per heavy atom. The summed E-state index contributed by atoms with van der Waals surface area (Å²) in [6, 6.07) is 9.18. The van der Waals surface area contributed by atoms with Crippen molar-refractivity contribution in [3.8, 4) is 11.1 Å². The van der Waals surface area contributed by atoms with Gasteiger partial charge in [0.2, 0.25) is 0 Å². The maximum absolute atomic E-state index is 13.8. The molecule has 2 aromatic rings. The van der Waals surface area contributed by atoms with E-state index in [9.17, 15) is 9.18 Å². The van der Waals surface area contributed by atoms with E-state index < -0.39 is 5.82 Å². The highest BCUT2D eigenvalue weighted by atomic mass is 35.5. The molecule has 0 atom stereocenters. The first-order valence-electron chi connectivity index (χ1n) is 5.60. The Morgan fingerprint density at radius 1 is 1.26 bits per heavy atom. The van der Waals surface area contributed by atoms with Crippen molar-refractivity contribution in [2.75, 3.05) is 5.43 Å². The summed E-state index contributed by atoms with van der Waals surface area (Å²) < 4.78 is 13.8. The molecule has 0 unspecified atom stereocenters. The van der Waals surface area contributed by atoms with Crippen LogP contribution in [0.3, 0.4) is 0 Å². The molecule has 0 aliphatic heterocycles. The van der Waals surface area contributed by atoms with E-state index in [0.29, 0.717) is 27.4 Å². The Balaban J connectivity index is 2.60. The number of benzene rings is 2. The molecule has 0 aliphatic carbocycles. The molecule has 3 nitrogen and oxygen atoms in total. The normalized spacial score (nSPS) is 10.3. The molecular weight excluding hydrogens is 267 g/mol. The lowest BCUT2D eigenvalue weighted by atomic mass is 10.00. The highest BCUT2D eigenvalue weighted by molar-refractivity contribution is 6.30. The maximum atomic E-state index is 13.8. The van der Waals surface area contributed by atoms with E-state index in [-0.39, 0.29) is 5.78 Å². The Kier molecular flexibility index (Phi) is 3.83. The van der Waals surface area contributed by atoms with Gasteiger partial charge in [-0.1, -0.05) is 17.7 Å². The number of rotatable bonds is 3. The van der Waals surface area contributed by atoms with Crippen molar-refractivity contribution < 1.29 is 9.18 Å². The predicted octanol–water partition coefficient (Wildman–Crippen LogP) is 3.63. The minimum atomic E-state index is -0.396. The highest BCUT2D eigenvalue weighted by Gasteiger charge is 2.11. The van der Waals surface area contributed by atoms with Crippen LogP contribution in [0.2, 0.25) is 5.02 Å². The minimum absolute atomic E-state index is 0.155. The zero-order valence-corrected chi connectivity index (χ0v) is 11.0. The van der Waals surface area contributed by atoms with E-state index >= 15 is 0 Å². The Hall–Kier alpha value is -1.91. The van der Waals surface area contributed by atoms with Gasteiger partial charge in [-0.05, 0) is 42.8 Å². The van der Waals surface area contributed by atoms with Crippen LogP contribution in [0.5, 0.6) is 0 Å². The number of hydrogen-bond donors (Lipinski definition) is 2. The molecule has 0 radical (unpaired) electrons. The van der Waals surface area contributed by atoms with Gasteiger partial charge in [0.05, 0.1) is 5.69 Å². The number of hydrazine groups is 1. The molecule has 2 rings (SSSR count). The van der Waals surface area contributed by atoms with Crippen molar-refractivity contribution in [2.24, 2.45) is 5.84 Å². The average Bonchev–Trinajstić information content (AvgIpc) is 2.40. The molecule has 3 N–H and O–H groups in total. The van der Waals surface area contributed by atoms with Crippen LogP contribution in [0, 0.1) is 5.82 Å². The third kappa shape index (κ3) is 2.75. The van der Waals surface area contributed by atoms with Gasteiger partial charge in [-0.2, -0.15) is 0 Å². The molecule has 0 aliphatic rings. The average molecular weight is 279 g/mol. The standard InChI is InChI=1S/C14H12ClFN2O/c1-8(19)11-6-9(2-5-14(11)18-17)12-7-10(15)3-4-13(12)16/h2-7,18H,17H2,1H3. The first kappa shape index (κ1) is 13.5. The second kappa shape index (κ2) is 5.38. The van der Waals surface area contributed by atoms with Crippen molar-refractivity contribution in [2.45, 2.75) is 6.92 Å². The number of hydrogen-bond acceptors (Lipinski definition) is 3. The summed E-state index contributed by atoms with van der Waals surface area (Å²) >= 11 is 5.86. The summed E-state index contributed by atoms with van der Waals surface area (Å²) in [4.78, 5) is 11.5. The summed E-state index contributed by atoms with van der Waals surface area (Å²) in [6.07, 6.45) is 0. The lowest BCUT2D eigenvalue weighted by Gasteiger charge is -2.10. The van der Waals surface area contributed by atoms with E-state index in [1.807, 2.05) is 0 Å². The molecule has 0 amide bonds. The van der Waals surface area contributed by atoms with Crippen LogP contribution in [0.1, 0.15) is 17.3 Å². The van der Waals surface area contributed by atoms with Crippen LogP contribution in [-0.4, -0.2) is 5.78 Å². The van der Waals surface area contributed by atoms with Crippen molar-refractivity contribution in [1.82, 2.24) is 0 Å². The van der Waals surface area contributed by atoms with Gasteiger partial charge in [0.15, 0.2) is 5.78 Å². The van der Waals surface area contributed by atoms with Gasteiger partial charge < -0.3 is 5.43 Å². The third-order valence-electron chi connectivity index (χ3n) is 2.79. The predicted molar refractivity (Wildman–Crippen MR) is 74.7 cm³/mol. The van der Waals surface area contributed by atoms with Gasteiger partial charge in [-0.25, -0.2) is 4.39 Å². The molecular formula is C14H12ClFN2O. The summed E-state index contributed by atoms with van der Waals surface area (Å²) in [5, 5.41) is 0.432. The third-order valence-corrected chi connectivity index (χ3v) is 3.03. The number of Topliss-reactive ketones (excluding diaryl/α,β-unsaturated/α-hetero) is 1. The molecule has 0 saturated carbocycles. The monoisotopic (exact) mass is 278 g/mol. The minimum Gasteiger partial charge on any atom is -0.323 e. The second-order valence-electron chi connectivity index (χ2n) is 4.09. The van der Waals surface area contributed by atoms with Crippen molar-refractivity contribution >= 4 is 23.1 Å². The molecule has 98 valence electrons. The molecule has 0 fully saturated rings. The number of nitrogens with one attached hydrogen (secondary N) is 1. The lowest BCUT2D eigenvalue weighted by Crippen LogP contribution is -2.11. The number of halogens is 2. The van der Waals surface area contributed by atoms with Crippen LogP contribution < -0.4 is 11.3 Å². The zero-order valence-electron chi connectivity index (χ0n) is 10.2. The number of anilines is 1. The quantitative estimate of drug-likeness (QED) is 0.512. The molecule has 0 heterocycles. The van der Waals surface area contributed by atoms with Gasteiger partial charge in [0, 0.05) is 16.1 Å². The molecule has 5 heteroatoms. The van der Waals surface area contributed by atoms with Gasteiger partial charge in [0.25, 0.3) is 0 Å². The summed E-state index contributed by atoms with van der Waals surface area (Å²) in [6.45, 7) is 1.42. The first-order chi connectivity index (χ1) is 9.02. The maximum Gasteiger partial charge on any atom is 0.161 e. The zero-order chi connectivity index (χ0) is 14.0. The second-order valence-corrected chi connectivity index (χ2v) is 4.52. The van der Waals surface area contributed by atoms with Crippen molar-refractivity contribution in [3.05, 3.63) is 52.8 Å². The molecule has 0 spiro atoms. The van der Waals surface area contributed by atoms with E-state index in [0.717, 1.165) is 0 Å². The smallest absolute Gasteiger partial charge is 0.161 e. The number of nitrogen functional groups attached to an aromatic ring is 1. The topological polar surface area (TPSA) is 55.1 Å². The summed E-state index contributed by atoms with van der Waals surface area (Å²) in [7, 11) is 0. The lowest BCUT2D eigenvalue weighted by molar-refractivity contribution is 0.101. The number of ketones is 1. The van der Waals surface area contributed by atoms with Crippen LogP contribution >= 0.6 is 11.6 Å². The Labute approximate surface area is 115 Å². The first-order valence-corrected chi connectivity index (χ1v) is 5.97. The van der Waals surface area contributed by atoms with E-state index in [1.54, 1.807) is 18.2 Å². The fraction of sp³-hybridized carbons (Fsp3) is 0.0714. The summed E-state index contributed by atoms with van der Waals surface area (Å²) in [5.41, 5.74) is 4.26. The molecule has 0 bridgehead atoms. The van der Waals surface area contributed by atoms with Gasteiger partial charge in [0.1, 0.15) is 5.82 Å². The van der Waals surface area contributed by atoms with E-state index in [1.165, 1.54) is 25.1 Å². The largest absolute Gasteiger partial charge is 0.323 e. The number of carbonyl (C=O) groups is 1. The molecule has 0 aromatic heterocycles. The van der Waals surface area contributed by atoms with Crippen LogP contribution in [-0.2, 0) is 0 Å². The van der Waals surface area contributed by atoms with Gasteiger partial charge in [-0.3, -0.25) is 10.6 Å². The van der Waals surface area contributed by atoms with E-state index in [4.69, 9.17) is 17.4 Å². The fourth-order valence-electron chi connectivity index (χ4n) is 1.85. The van der Waals surface area contributed by atoms with Crippen LogP contribution in [0.15, 0.2) is 36.4 Å².